The first kappa shape index (κ1) is 17.5. The highest BCUT2D eigenvalue weighted by molar-refractivity contribution is 9.10. The molecule has 1 heterocycles. The molecule has 0 unspecified atom stereocenters. The summed E-state index contributed by atoms with van der Waals surface area (Å²) in [6.45, 7) is 2.82. The number of amides is 3. The van der Waals surface area contributed by atoms with Crippen LogP contribution in [0.5, 0.6) is 0 Å². The standard InChI is InChI=1S/C16H20BrN3O3/c1-2-6-18-14(21)9-19-16(23)11-7-15(22)20(10-11)13-5-3-4-12(17)8-13/h3-5,8,11H,2,6-7,9-10H2,1H3,(H,18,21)(H,19,23)/t11-/m1/s1. The van der Waals surface area contributed by atoms with E-state index >= 15 is 0 Å². The minimum Gasteiger partial charge on any atom is -0.355 e. The molecule has 1 aliphatic rings. The van der Waals surface area contributed by atoms with Crippen molar-refractivity contribution in [2.75, 3.05) is 24.5 Å². The first-order valence-corrected chi connectivity index (χ1v) is 8.41. The van der Waals surface area contributed by atoms with Gasteiger partial charge >= 0.3 is 0 Å². The number of anilines is 1. The fraction of sp³-hybridized carbons (Fsp3) is 0.438. The van der Waals surface area contributed by atoms with Gasteiger partial charge in [0.1, 0.15) is 0 Å². The Kier molecular flexibility index (Phi) is 6.15. The first-order chi connectivity index (χ1) is 11.0. The van der Waals surface area contributed by atoms with Crippen LogP contribution in [0.15, 0.2) is 28.7 Å². The molecule has 1 atom stereocenters. The summed E-state index contributed by atoms with van der Waals surface area (Å²) in [5.74, 6) is -0.991. The second-order valence-electron chi connectivity index (χ2n) is 5.45. The molecule has 6 nitrogen and oxygen atoms in total. The Balaban J connectivity index is 1.89. The monoisotopic (exact) mass is 381 g/mol. The molecule has 2 rings (SSSR count). The van der Waals surface area contributed by atoms with Gasteiger partial charge in [0, 0.05) is 29.7 Å². The average molecular weight is 382 g/mol. The largest absolute Gasteiger partial charge is 0.355 e. The fourth-order valence-electron chi connectivity index (χ4n) is 2.42. The van der Waals surface area contributed by atoms with E-state index in [0.717, 1.165) is 16.6 Å². The van der Waals surface area contributed by atoms with Gasteiger partial charge in [-0.25, -0.2) is 0 Å². The molecule has 1 aromatic rings. The molecule has 7 heteroatoms. The molecule has 1 aromatic carbocycles. The van der Waals surface area contributed by atoms with Crippen molar-refractivity contribution in [1.29, 1.82) is 0 Å². The van der Waals surface area contributed by atoms with E-state index in [1.165, 1.54) is 0 Å². The Morgan fingerprint density at radius 1 is 1.35 bits per heavy atom. The number of rotatable bonds is 6. The molecule has 2 N–H and O–H groups in total. The molecule has 23 heavy (non-hydrogen) atoms. The summed E-state index contributed by atoms with van der Waals surface area (Å²) in [5, 5.41) is 5.29. The van der Waals surface area contributed by atoms with Crippen molar-refractivity contribution in [3.63, 3.8) is 0 Å². The molecule has 0 saturated carbocycles. The van der Waals surface area contributed by atoms with Gasteiger partial charge in [0.2, 0.25) is 17.7 Å². The normalized spacial score (nSPS) is 17.2. The van der Waals surface area contributed by atoms with E-state index in [9.17, 15) is 14.4 Å². The topological polar surface area (TPSA) is 78.5 Å². The van der Waals surface area contributed by atoms with Gasteiger partial charge in [0.15, 0.2) is 0 Å². The van der Waals surface area contributed by atoms with Gasteiger partial charge in [-0.1, -0.05) is 28.9 Å². The van der Waals surface area contributed by atoms with Crippen LogP contribution in [0.3, 0.4) is 0 Å². The summed E-state index contributed by atoms with van der Waals surface area (Å²) in [6, 6.07) is 7.40. The number of halogens is 1. The predicted octanol–water partition coefficient (Wildman–Crippen LogP) is 1.44. The molecular formula is C16H20BrN3O3. The van der Waals surface area contributed by atoms with Crippen LogP contribution in [-0.4, -0.2) is 37.4 Å². The molecule has 124 valence electrons. The minimum atomic E-state index is -0.430. The number of carbonyl (C=O) groups excluding carboxylic acids is 3. The predicted molar refractivity (Wildman–Crippen MR) is 90.9 cm³/mol. The highest BCUT2D eigenvalue weighted by Gasteiger charge is 2.35. The summed E-state index contributed by atoms with van der Waals surface area (Å²) >= 11 is 3.37. The number of benzene rings is 1. The smallest absolute Gasteiger partial charge is 0.239 e. The number of nitrogens with zero attached hydrogens (tertiary/aromatic N) is 1. The van der Waals surface area contributed by atoms with Crippen LogP contribution >= 0.6 is 15.9 Å². The van der Waals surface area contributed by atoms with E-state index in [2.05, 4.69) is 26.6 Å². The summed E-state index contributed by atoms with van der Waals surface area (Å²) in [6.07, 6.45) is 1.01. The molecule has 1 aliphatic heterocycles. The van der Waals surface area contributed by atoms with E-state index < -0.39 is 5.92 Å². The molecule has 0 aliphatic carbocycles. The van der Waals surface area contributed by atoms with Gasteiger partial charge in [-0.2, -0.15) is 0 Å². The van der Waals surface area contributed by atoms with Crippen molar-refractivity contribution in [2.24, 2.45) is 5.92 Å². The zero-order valence-electron chi connectivity index (χ0n) is 13.0. The van der Waals surface area contributed by atoms with Crippen LogP contribution in [0.1, 0.15) is 19.8 Å². The minimum absolute atomic E-state index is 0.0551. The zero-order chi connectivity index (χ0) is 16.8. The van der Waals surface area contributed by atoms with Crippen LogP contribution in [0.2, 0.25) is 0 Å². The third-order valence-corrected chi connectivity index (χ3v) is 4.10. The van der Waals surface area contributed by atoms with Gasteiger partial charge in [0.05, 0.1) is 12.5 Å². The van der Waals surface area contributed by atoms with E-state index in [4.69, 9.17) is 0 Å². The molecule has 0 bridgehead atoms. The summed E-state index contributed by atoms with van der Waals surface area (Å²) in [7, 11) is 0. The van der Waals surface area contributed by atoms with Crippen molar-refractivity contribution in [3.8, 4) is 0 Å². The number of nitrogens with one attached hydrogen (secondary N) is 2. The molecule has 0 spiro atoms. The van der Waals surface area contributed by atoms with Crippen molar-refractivity contribution in [3.05, 3.63) is 28.7 Å². The van der Waals surface area contributed by atoms with Gasteiger partial charge in [-0.3, -0.25) is 14.4 Å². The van der Waals surface area contributed by atoms with Crippen LogP contribution in [0.4, 0.5) is 5.69 Å². The third kappa shape index (κ3) is 4.79. The van der Waals surface area contributed by atoms with Crippen molar-refractivity contribution < 1.29 is 14.4 Å². The maximum atomic E-state index is 12.1. The molecular weight excluding hydrogens is 362 g/mol. The van der Waals surface area contributed by atoms with E-state index in [-0.39, 0.29) is 30.7 Å². The Morgan fingerprint density at radius 3 is 2.83 bits per heavy atom. The van der Waals surface area contributed by atoms with Crippen molar-refractivity contribution in [2.45, 2.75) is 19.8 Å². The van der Waals surface area contributed by atoms with Crippen LogP contribution in [0, 0.1) is 5.92 Å². The lowest BCUT2D eigenvalue weighted by molar-refractivity contribution is -0.128. The second-order valence-corrected chi connectivity index (χ2v) is 6.37. The summed E-state index contributed by atoms with van der Waals surface area (Å²) in [4.78, 5) is 37.4. The van der Waals surface area contributed by atoms with Gasteiger partial charge in [-0.05, 0) is 24.6 Å². The van der Waals surface area contributed by atoms with Crippen molar-refractivity contribution >= 4 is 39.3 Å². The molecule has 0 aromatic heterocycles. The summed E-state index contributed by atoms with van der Waals surface area (Å²) in [5.41, 5.74) is 0.764. The highest BCUT2D eigenvalue weighted by Crippen LogP contribution is 2.27. The Morgan fingerprint density at radius 2 is 2.13 bits per heavy atom. The molecule has 3 amide bonds. The SMILES string of the molecule is CCCNC(=O)CNC(=O)[C@@H]1CC(=O)N(c2cccc(Br)c2)C1. The van der Waals surface area contributed by atoms with Crippen LogP contribution < -0.4 is 15.5 Å². The van der Waals surface area contributed by atoms with Gasteiger partial charge in [-0.15, -0.1) is 0 Å². The number of carbonyl (C=O) groups is 3. The fourth-order valence-corrected chi connectivity index (χ4v) is 2.80. The van der Waals surface area contributed by atoms with Crippen LogP contribution in [0.25, 0.3) is 0 Å². The van der Waals surface area contributed by atoms with Gasteiger partial charge < -0.3 is 15.5 Å². The Labute approximate surface area is 143 Å². The average Bonchev–Trinajstić information content (AvgIpc) is 2.92. The van der Waals surface area contributed by atoms with Crippen LogP contribution in [-0.2, 0) is 14.4 Å². The zero-order valence-corrected chi connectivity index (χ0v) is 14.6. The molecule has 1 saturated heterocycles. The highest BCUT2D eigenvalue weighted by atomic mass is 79.9. The first-order valence-electron chi connectivity index (χ1n) is 7.61. The Bertz CT molecular complexity index is 606. The summed E-state index contributed by atoms with van der Waals surface area (Å²) < 4.78 is 0.878. The molecule has 0 radical (unpaired) electrons. The maximum absolute atomic E-state index is 12.1. The maximum Gasteiger partial charge on any atom is 0.239 e. The second kappa shape index (κ2) is 8.10. The van der Waals surface area contributed by atoms with Gasteiger partial charge in [0.25, 0.3) is 0 Å². The van der Waals surface area contributed by atoms with E-state index in [1.807, 2.05) is 31.2 Å². The van der Waals surface area contributed by atoms with E-state index in [0.29, 0.717) is 13.1 Å². The lowest BCUT2D eigenvalue weighted by Gasteiger charge is -2.17. The molecule has 1 fully saturated rings. The van der Waals surface area contributed by atoms with E-state index in [1.54, 1.807) is 4.90 Å². The quantitative estimate of drug-likeness (QED) is 0.782. The van der Waals surface area contributed by atoms with Crippen molar-refractivity contribution in [1.82, 2.24) is 10.6 Å². The Hall–Kier alpha value is -1.89. The lowest BCUT2D eigenvalue weighted by atomic mass is 10.1. The lowest BCUT2D eigenvalue weighted by Crippen LogP contribution is -2.40. The number of hydrogen-bond acceptors (Lipinski definition) is 3. The number of hydrogen-bond donors (Lipinski definition) is 2. The third-order valence-electron chi connectivity index (χ3n) is 3.61.